The number of benzene rings is 1. The van der Waals surface area contributed by atoms with Crippen molar-refractivity contribution in [3.05, 3.63) is 73.6 Å². The van der Waals surface area contributed by atoms with Gasteiger partial charge in [0.15, 0.2) is 6.23 Å². The summed E-state index contributed by atoms with van der Waals surface area (Å²) in [6, 6.07) is 3.86. The molecule has 2 aromatic rings. The molecule has 0 aliphatic carbocycles. The van der Waals surface area contributed by atoms with Crippen LogP contribution in [0.25, 0.3) is 0 Å². The smallest absolute Gasteiger partial charge is 0.403 e. The Bertz CT molecular complexity index is 1150. The third-order valence-electron chi connectivity index (χ3n) is 4.70. The molecule has 0 fully saturated rings. The number of hydrogen-bond donors (Lipinski definition) is 1. The number of aromatic nitrogens is 2. The van der Waals surface area contributed by atoms with Crippen molar-refractivity contribution in [3.8, 4) is 5.75 Å². The molecule has 1 aromatic carbocycles. The summed E-state index contributed by atoms with van der Waals surface area (Å²) < 4.78 is 36.2. The van der Waals surface area contributed by atoms with E-state index in [2.05, 4.69) is 4.98 Å². The van der Waals surface area contributed by atoms with Crippen molar-refractivity contribution in [1.82, 2.24) is 9.55 Å². The fourth-order valence-corrected chi connectivity index (χ4v) is 4.60. The van der Waals surface area contributed by atoms with Crippen molar-refractivity contribution >= 4 is 7.82 Å². The van der Waals surface area contributed by atoms with Crippen LogP contribution in [-0.2, 0) is 25.0 Å². The number of phosphoric ester groups is 1. The normalized spacial score (nSPS) is 25.6. The quantitative estimate of drug-likeness (QED) is 0.598. The largest absolute Gasteiger partial charge is 0.530 e. The average Bonchev–Trinajstić information content (AvgIpc) is 3.13. The number of ether oxygens (including phenoxy) is 1. The molecule has 1 N–H and O–H groups in total. The minimum Gasteiger partial charge on any atom is -0.403 e. The molecular formula is C19H21N2O7P. The van der Waals surface area contributed by atoms with Crippen LogP contribution in [0.1, 0.15) is 28.5 Å². The van der Waals surface area contributed by atoms with Gasteiger partial charge in [-0.15, -0.1) is 0 Å². The van der Waals surface area contributed by atoms with Gasteiger partial charge in [-0.25, -0.2) is 9.36 Å². The van der Waals surface area contributed by atoms with Crippen LogP contribution in [0, 0.1) is 20.8 Å². The highest BCUT2D eigenvalue weighted by molar-refractivity contribution is 7.49. The summed E-state index contributed by atoms with van der Waals surface area (Å²) in [6.45, 7) is 5.48. The molecule has 1 unspecified atom stereocenters. The number of hydrogen-bond acceptors (Lipinski definition) is 7. The Morgan fingerprint density at radius 3 is 2.79 bits per heavy atom. The highest BCUT2D eigenvalue weighted by Gasteiger charge is 2.36. The predicted octanol–water partition coefficient (Wildman–Crippen LogP) is 2.65. The lowest BCUT2D eigenvalue weighted by Crippen LogP contribution is -2.33. The topological polar surface area (TPSA) is 109 Å². The lowest BCUT2D eigenvalue weighted by Gasteiger charge is -2.27. The van der Waals surface area contributed by atoms with Gasteiger partial charge < -0.3 is 9.26 Å². The van der Waals surface area contributed by atoms with E-state index in [4.69, 9.17) is 18.3 Å². The SMILES string of the molecule is Cc1cc(C)c2c(c1)COP(=O)(OC[C@@H]1C=C[C@H](n3cc(C)c(=O)[nH]c3=O)O1)O2. The highest BCUT2D eigenvalue weighted by Crippen LogP contribution is 2.55. The van der Waals surface area contributed by atoms with E-state index in [1.807, 2.05) is 26.0 Å². The lowest BCUT2D eigenvalue weighted by molar-refractivity contribution is -0.0130. The number of nitrogens with one attached hydrogen (secondary N) is 1. The maximum Gasteiger partial charge on any atom is 0.530 e. The van der Waals surface area contributed by atoms with E-state index >= 15 is 0 Å². The molecule has 0 saturated carbocycles. The van der Waals surface area contributed by atoms with Gasteiger partial charge >= 0.3 is 13.5 Å². The first kappa shape index (κ1) is 19.8. The van der Waals surface area contributed by atoms with Crippen LogP contribution in [-0.4, -0.2) is 22.3 Å². The van der Waals surface area contributed by atoms with E-state index in [1.165, 1.54) is 10.8 Å². The van der Waals surface area contributed by atoms with Crippen LogP contribution < -0.4 is 15.8 Å². The minimum absolute atomic E-state index is 0.0817. The Balaban J connectivity index is 1.41. The van der Waals surface area contributed by atoms with Gasteiger partial charge in [0.05, 0.1) is 13.2 Å². The van der Waals surface area contributed by atoms with Gasteiger partial charge in [-0.3, -0.25) is 23.4 Å². The van der Waals surface area contributed by atoms with Crippen molar-refractivity contribution in [1.29, 1.82) is 0 Å². The second kappa shape index (κ2) is 7.42. The second-order valence-electron chi connectivity index (χ2n) is 7.11. The Hall–Kier alpha value is -2.45. The molecule has 10 heteroatoms. The monoisotopic (exact) mass is 420 g/mol. The Morgan fingerprint density at radius 1 is 1.21 bits per heavy atom. The molecule has 0 radical (unpaired) electrons. The van der Waals surface area contributed by atoms with E-state index in [0.717, 1.165) is 16.7 Å². The summed E-state index contributed by atoms with van der Waals surface area (Å²) >= 11 is 0. The van der Waals surface area contributed by atoms with Crippen molar-refractivity contribution in [2.45, 2.75) is 39.7 Å². The molecule has 2 aliphatic rings. The van der Waals surface area contributed by atoms with Gasteiger partial charge in [0.1, 0.15) is 11.9 Å². The van der Waals surface area contributed by atoms with Crippen molar-refractivity contribution in [3.63, 3.8) is 0 Å². The summed E-state index contributed by atoms with van der Waals surface area (Å²) in [5.74, 6) is 0.515. The van der Waals surface area contributed by atoms with Gasteiger partial charge in [-0.1, -0.05) is 23.8 Å². The van der Waals surface area contributed by atoms with Crippen LogP contribution in [0.4, 0.5) is 0 Å². The first-order chi connectivity index (χ1) is 13.7. The van der Waals surface area contributed by atoms with E-state index < -0.39 is 31.4 Å². The van der Waals surface area contributed by atoms with Crippen LogP contribution in [0.2, 0.25) is 0 Å². The van der Waals surface area contributed by atoms with Crippen LogP contribution >= 0.6 is 7.82 Å². The Kier molecular flexibility index (Phi) is 5.08. The predicted molar refractivity (Wildman–Crippen MR) is 104 cm³/mol. The van der Waals surface area contributed by atoms with Crippen LogP contribution in [0.3, 0.4) is 0 Å². The molecule has 0 bridgehead atoms. The van der Waals surface area contributed by atoms with Crippen molar-refractivity contribution in [2.24, 2.45) is 0 Å². The maximum absolute atomic E-state index is 12.8. The second-order valence-corrected chi connectivity index (χ2v) is 8.70. The van der Waals surface area contributed by atoms with Gasteiger partial charge in [-0.2, -0.15) is 0 Å². The zero-order valence-electron chi connectivity index (χ0n) is 16.2. The van der Waals surface area contributed by atoms with Crippen molar-refractivity contribution < 1.29 is 22.9 Å². The standard InChI is InChI=1S/C19H21N2O7P/c1-11-6-12(2)17-14(7-11)9-25-29(24,28-17)26-10-15-4-5-16(27-15)21-8-13(3)18(22)20-19(21)23/h4-8,15-16H,9-10H2,1-3H3,(H,20,22,23)/t15-,16+,29?/m0/s1. The summed E-state index contributed by atoms with van der Waals surface area (Å²) in [5, 5.41) is 0. The van der Waals surface area contributed by atoms with Gasteiger partial charge in [0, 0.05) is 17.3 Å². The highest BCUT2D eigenvalue weighted by atomic mass is 31.2. The van der Waals surface area contributed by atoms with E-state index in [1.54, 1.807) is 19.1 Å². The maximum atomic E-state index is 12.8. The molecule has 154 valence electrons. The molecule has 3 heterocycles. The molecule has 29 heavy (non-hydrogen) atoms. The molecule has 0 saturated heterocycles. The molecule has 1 aromatic heterocycles. The zero-order valence-corrected chi connectivity index (χ0v) is 17.1. The Labute approximate surface area is 166 Å². The summed E-state index contributed by atoms with van der Waals surface area (Å²) in [4.78, 5) is 25.7. The van der Waals surface area contributed by atoms with E-state index in [0.29, 0.717) is 11.3 Å². The Morgan fingerprint density at radius 2 is 2.00 bits per heavy atom. The average molecular weight is 420 g/mol. The molecule has 3 atom stereocenters. The minimum atomic E-state index is -3.79. The van der Waals surface area contributed by atoms with Gasteiger partial charge in [0.25, 0.3) is 5.56 Å². The van der Waals surface area contributed by atoms with Crippen LogP contribution in [0.15, 0.2) is 40.1 Å². The van der Waals surface area contributed by atoms with Crippen molar-refractivity contribution in [2.75, 3.05) is 6.61 Å². The number of aromatic amines is 1. The molecule has 9 nitrogen and oxygen atoms in total. The molecule has 4 rings (SSSR count). The number of phosphoric acid groups is 1. The molecule has 0 amide bonds. The lowest BCUT2D eigenvalue weighted by atomic mass is 10.1. The van der Waals surface area contributed by atoms with E-state index in [-0.39, 0.29) is 13.2 Å². The summed E-state index contributed by atoms with van der Waals surface area (Å²) in [7, 11) is -3.79. The number of rotatable bonds is 4. The van der Waals surface area contributed by atoms with Crippen LogP contribution in [0.5, 0.6) is 5.75 Å². The third kappa shape index (κ3) is 4.00. The summed E-state index contributed by atoms with van der Waals surface area (Å²) in [5.41, 5.74) is 2.11. The van der Waals surface area contributed by atoms with Gasteiger partial charge in [-0.05, 0) is 32.4 Å². The number of nitrogens with zero attached hydrogens (tertiary/aromatic N) is 1. The zero-order chi connectivity index (χ0) is 20.8. The first-order valence-corrected chi connectivity index (χ1v) is 10.5. The third-order valence-corrected chi connectivity index (χ3v) is 6.02. The van der Waals surface area contributed by atoms with Gasteiger partial charge in [0.2, 0.25) is 0 Å². The fraction of sp³-hybridized carbons (Fsp3) is 0.368. The first-order valence-electron chi connectivity index (χ1n) is 9.09. The molecular weight excluding hydrogens is 399 g/mol. The van der Waals surface area contributed by atoms with E-state index in [9.17, 15) is 14.2 Å². The molecule has 0 spiro atoms. The number of fused-ring (bicyclic) bond motifs is 1. The number of H-pyrrole nitrogens is 1. The summed E-state index contributed by atoms with van der Waals surface area (Å²) in [6.07, 6.45) is 3.52. The number of aryl methyl sites for hydroxylation is 3. The fourth-order valence-electron chi connectivity index (χ4n) is 3.31. The molecule has 2 aliphatic heterocycles.